The molecule has 0 aliphatic rings. The zero-order valence-electron chi connectivity index (χ0n) is 11.2. The summed E-state index contributed by atoms with van der Waals surface area (Å²) in [5.41, 5.74) is 0.766. The second kappa shape index (κ2) is 7.46. The first-order valence-electron chi connectivity index (χ1n) is 6.27. The minimum Gasteiger partial charge on any atom is -0.487 e. The van der Waals surface area contributed by atoms with Gasteiger partial charge in [-0.05, 0) is 37.3 Å². The summed E-state index contributed by atoms with van der Waals surface area (Å²) in [4.78, 5) is 0. The van der Waals surface area contributed by atoms with E-state index in [1.807, 2.05) is 19.1 Å². The Hall–Kier alpha value is -0.800. The fraction of sp³-hybridized carbons (Fsp3) is 0.200. The van der Waals surface area contributed by atoms with Crippen molar-refractivity contribution in [1.29, 1.82) is 0 Å². The molecule has 21 heavy (non-hydrogen) atoms. The summed E-state index contributed by atoms with van der Waals surface area (Å²) in [6.45, 7) is 2.48. The minimum absolute atomic E-state index is 0.112. The van der Waals surface area contributed by atoms with Crippen LogP contribution in [0.2, 0.25) is 20.1 Å². The summed E-state index contributed by atoms with van der Waals surface area (Å²) in [6, 6.07) is 10.5. The molecule has 0 aliphatic carbocycles. The fourth-order valence-corrected chi connectivity index (χ4v) is 2.54. The Labute approximate surface area is 143 Å². The first kappa shape index (κ1) is 16.6. The SMILES string of the molecule is CC(CNc1cccc(Cl)c1Cl)Oc1ccc(Cl)cc1Cl. The van der Waals surface area contributed by atoms with E-state index in [-0.39, 0.29) is 6.10 Å². The van der Waals surface area contributed by atoms with Gasteiger partial charge < -0.3 is 10.1 Å². The number of ether oxygens (including phenoxy) is 1. The van der Waals surface area contributed by atoms with Crippen molar-refractivity contribution < 1.29 is 4.74 Å². The lowest BCUT2D eigenvalue weighted by Gasteiger charge is -2.18. The van der Waals surface area contributed by atoms with Crippen molar-refractivity contribution in [2.24, 2.45) is 0 Å². The van der Waals surface area contributed by atoms with E-state index in [2.05, 4.69) is 5.32 Å². The number of hydrogen-bond donors (Lipinski definition) is 1. The van der Waals surface area contributed by atoms with Crippen LogP contribution >= 0.6 is 46.4 Å². The molecule has 0 amide bonds. The molecule has 1 unspecified atom stereocenters. The van der Waals surface area contributed by atoms with Crippen LogP contribution in [0.3, 0.4) is 0 Å². The van der Waals surface area contributed by atoms with Crippen molar-refractivity contribution in [2.45, 2.75) is 13.0 Å². The lowest BCUT2D eigenvalue weighted by atomic mass is 10.3. The maximum absolute atomic E-state index is 6.11. The van der Waals surface area contributed by atoms with E-state index in [1.165, 1.54) is 0 Å². The molecule has 0 spiro atoms. The molecule has 2 nitrogen and oxygen atoms in total. The summed E-state index contributed by atoms with van der Waals surface area (Å²) in [7, 11) is 0. The second-order valence-electron chi connectivity index (χ2n) is 4.49. The van der Waals surface area contributed by atoms with Gasteiger partial charge >= 0.3 is 0 Å². The van der Waals surface area contributed by atoms with Crippen LogP contribution in [0.5, 0.6) is 5.75 Å². The van der Waals surface area contributed by atoms with E-state index < -0.39 is 0 Å². The molecule has 1 N–H and O–H groups in total. The third kappa shape index (κ3) is 4.58. The standard InChI is InChI=1S/C15H13Cl4NO/c1-9(21-14-6-5-10(16)7-12(14)18)8-20-13-4-2-3-11(17)15(13)19/h2-7,9,20H,8H2,1H3. The van der Waals surface area contributed by atoms with Crippen LogP contribution in [0.4, 0.5) is 5.69 Å². The second-order valence-corrected chi connectivity index (χ2v) is 6.11. The number of nitrogens with one attached hydrogen (secondary N) is 1. The van der Waals surface area contributed by atoms with Gasteiger partial charge in [0.1, 0.15) is 11.9 Å². The van der Waals surface area contributed by atoms with E-state index in [9.17, 15) is 0 Å². The Morgan fingerprint density at radius 3 is 2.52 bits per heavy atom. The molecule has 0 radical (unpaired) electrons. The molecule has 6 heteroatoms. The molecular weight excluding hydrogens is 352 g/mol. The third-order valence-corrected chi connectivity index (χ3v) is 4.10. The number of rotatable bonds is 5. The Kier molecular flexibility index (Phi) is 5.88. The number of hydrogen-bond acceptors (Lipinski definition) is 2. The summed E-state index contributed by atoms with van der Waals surface area (Å²) in [6.07, 6.45) is -0.112. The zero-order valence-corrected chi connectivity index (χ0v) is 14.2. The third-order valence-electron chi connectivity index (χ3n) is 2.75. The van der Waals surface area contributed by atoms with Gasteiger partial charge in [0.2, 0.25) is 0 Å². The Morgan fingerprint density at radius 1 is 1.05 bits per heavy atom. The highest BCUT2D eigenvalue weighted by atomic mass is 35.5. The van der Waals surface area contributed by atoms with Crippen LogP contribution < -0.4 is 10.1 Å². The molecule has 0 fully saturated rings. The van der Waals surface area contributed by atoms with Crippen molar-refractivity contribution in [1.82, 2.24) is 0 Å². The molecule has 2 rings (SSSR count). The van der Waals surface area contributed by atoms with Gasteiger partial charge in [-0.1, -0.05) is 52.5 Å². The average Bonchev–Trinajstić information content (AvgIpc) is 2.43. The quantitative estimate of drug-likeness (QED) is 0.683. The molecule has 0 aliphatic heterocycles. The molecular formula is C15H13Cl4NO. The van der Waals surface area contributed by atoms with Crippen molar-refractivity contribution >= 4 is 52.1 Å². The molecule has 0 bridgehead atoms. The smallest absolute Gasteiger partial charge is 0.138 e. The van der Waals surface area contributed by atoms with Gasteiger partial charge in [0.15, 0.2) is 0 Å². The predicted molar refractivity (Wildman–Crippen MR) is 91.5 cm³/mol. The van der Waals surface area contributed by atoms with Gasteiger partial charge in [0.05, 0.1) is 27.3 Å². The number of benzene rings is 2. The van der Waals surface area contributed by atoms with Gasteiger partial charge in [0, 0.05) is 5.02 Å². The maximum Gasteiger partial charge on any atom is 0.138 e. The normalized spacial score (nSPS) is 12.0. The fourth-order valence-electron chi connectivity index (χ4n) is 1.72. The van der Waals surface area contributed by atoms with Crippen molar-refractivity contribution in [3.05, 3.63) is 56.5 Å². The van der Waals surface area contributed by atoms with E-state index in [1.54, 1.807) is 24.3 Å². The Balaban J connectivity index is 1.96. The summed E-state index contributed by atoms with van der Waals surface area (Å²) in [5, 5.41) is 5.26. The lowest BCUT2D eigenvalue weighted by Crippen LogP contribution is -2.22. The summed E-state index contributed by atoms with van der Waals surface area (Å²) < 4.78 is 5.76. The average molecular weight is 365 g/mol. The van der Waals surface area contributed by atoms with Crippen molar-refractivity contribution in [3.8, 4) is 5.75 Å². The highest BCUT2D eigenvalue weighted by Gasteiger charge is 2.10. The van der Waals surface area contributed by atoms with Crippen LogP contribution in [0.1, 0.15) is 6.92 Å². The molecule has 0 heterocycles. The predicted octanol–water partition coefficient (Wildman–Crippen LogP) is 6.18. The van der Waals surface area contributed by atoms with Crippen LogP contribution in [0, 0.1) is 0 Å². The van der Waals surface area contributed by atoms with Gasteiger partial charge in [-0.2, -0.15) is 0 Å². The molecule has 2 aromatic carbocycles. The maximum atomic E-state index is 6.11. The van der Waals surface area contributed by atoms with Crippen molar-refractivity contribution in [2.75, 3.05) is 11.9 Å². The first-order chi connectivity index (χ1) is 9.97. The topological polar surface area (TPSA) is 21.3 Å². The Morgan fingerprint density at radius 2 is 1.81 bits per heavy atom. The zero-order chi connectivity index (χ0) is 15.4. The summed E-state index contributed by atoms with van der Waals surface area (Å²) in [5.74, 6) is 0.590. The van der Waals surface area contributed by atoms with Gasteiger partial charge in [-0.3, -0.25) is 0 Å². The largest absolute Gasteiger partial charge is 0.487 e. The highest BCUT2D eigenvalue weighted by molar-refractivity contribution is 6.43. The van der Waals surface area contributed by atoms with E-state index >= 15 is 0 Å². The molecule has 0 aromatic heterocycles. The van der Waals surface area contributed by atoms with Crippen LogP contribution in [-0.4, -0.2) is 12.6 Å². The van der Waals surface area contributed by atoms with E-state index in [4.69, 9.17) is 51.1 Å². The molecule has 2 aromatic rings. The van der Waals surface area contributed by atoms with E-state index in [0.717, 1.165) is 5.69 Å². The van der Waals surface area contributed by atoms with Crippen LogP contribution in [0.25, 0.3) is 0 Å². The Bertz CT molecular complexity index is 633. The van der Waals surface area contributed by atoms with Gasteiger partial charge in [-0.25, -0.2) is 0 Å². The lowest BCUT2D eigenvalue weighted by molar-refractivity contribution is 0.235. The van der Waals surface area contributed by atoms with Gasteiger partial charge in [0.25, 0.3) is 0 Å². The van der Waals surface area contributed by atoms with Crippen molar-refractivity contribution in [3.63, 3.8) is 0 Å². The molecule has 1 atom stereocenters. The molecule has 0 saturated heterocycles. The molecule has 0 saturated carbocycles. The molecule has 112 valence electrons. The number of anilines is 1. The van der Waals surface area contributed by atoms with Gasteiger partial charge in [-0.15, -0.1) is 0 Å². The first-order valence-corrected chi connectivity index (χ1v) is 7.78. The van der Waals surface area contributed by atoms with Crippen LogP contribution in [-0.2, 0) is 0 Å². The summed E-state index contributed by atoms with van der Waals surface area (Å²) >= 11 is 24.0. The number of halogens is 4. The van der Waals surface area contributed by atoms with E-state index in [0.29, 0.717) is 32.4 Å². The monoisotopic (exact) mass is 363 g/mol. The van der Waals surface area contributed by atoms with Crippen LogP contribution in [0.15, 0.2) is 36.4 Å². The highest BCUT2D eigenvalue weighted by Crippen LogP contribution is 2.30. The minimum atomic E-state index is -0.112.